The Balaban J connectivity index is 1.85. The zero-order chi connectivity index (χ0) is 14.9. The molecule has 1 atom stereocenters. The first-order chi connectivity index (χ1) is 10.3. The average Bonchev–Trinajstić information content (AvgIpc) is 2.52. The lowest BCUT2D eigenvalue weighted by molar-refractivity contribution is -0.140. The van der Waals surface area contributed by atoms with Crippen molar-refractivity contribution in [2.24, 2.45) is 0 Å². The first-order valence-electron chi connectivity index (χ1n) is 6.95. The van der Waals surface area contributed by atoms with Crippen LogP contribution in [0.4, 0.5) is 0 Å². The molecule has 2 rings (SSSR count). The maximum Gasteiger partial charge on any atom is 0.309 e. The van der Waals surface area contributed by atoms with Crippen LogP contribution in [0, 0.1) is 0 Å². The molecule has 0 aliphatic rings. The minimum absolute atomic E-state index is 0.179. The summed E-state index contributed by atoms with van der Waals surface area (Å²) in [5.74, 6) is 1.46. The molecule has 21 heavy (non-hydrogen) atoms. The van der Waals surface area contributed by atoms with Gasteiger partial charge >= 0.3 is 5.97 Å². The fourth-order valence-corrected chi connectivity index (χ4v) is 2.03. The van der Waals surface area contributed by atoms with E-state index in [1.807, 2.05) is 48.5 Å². The van der Waals surface area contributed by atoms with E-state index in [9.17, 15) is 4.79 Å². The van der Waals surface area contributed by atoms with Gasteiger partial charge in [-0.05, 0) is 42.7 Å². The molecule has 2 aromatic carbocycles. The van der Waals surface area contributed by atoms with Gasteiger partial charge in [-0.1, -0.05) is 30.3 Å². The van der Waals surface area contributed by atoms with Crippen molar-refractivity contribution in [3.05, 3.63) is 60.2 Å². The van der Waals surface area contributed by atoms with Crippen molar-refractivity contribution < 1.29 is 14.3 Å². The van der Waals surface area contributed by atoms with E-state index in [1.54, 1.807) is 0 Å². The molecule has 0 heterocycles. The number of ether oxygens (including phenoxy) is 2. The molecule has 0 spiro atoms. The second-order valence-electron chi connectivity index (χ2n) is 4.59. The van der Waals surface area contributed by atoms with Crippen molar-refractivity contribution in [2.45, 2.75) is 12.8 Å². The van der Waals surface area contributed by atoms with Gasteiger partial charge in [-0.15, -0.1) is 9.24 Å². The lowest BCUT2D eigenvalue weighted by Crippen LogP contribution is -2.07. The van der Waals surface area contributed by atoms with Gasteiger partial charge < -0.3 is 9.47 Å². The van der Waals surface area contributed by atoms with Crippen LogP contribution in [0.25, 0.3) is 0 Å². The zero-order valence-corrected chi connectivity index (χ0v) is 13.0. The highest BCUT2D eigenvalue weighted by atomic mass is 31.0. The van der Waals surface area contributed by atoms with Gasteiger partial charge in [0.15, 0.2) is 0 Å². The first-order valence-corrected chi connectivity index (χ1v) is 7.77. The lowest BCUT2D eigenvalue weighted by Gasteiger charge is -2.08. The standard InChI is InChI=1S/C17H19O3P/c18-17(13-21)19-11-5-7-14-6-4-10-16(12-14)20-15-8-2-1-3-9-15/h1-4,6,8-10,12H,5,7,11,13,21H2. The Labute approximate surface area is 127 Å². The van der Waals surface area contributed by atoms with Gasteiger partial charge in [-0.25, -0.2) is 0 Å². The van der Waals surface area contributed by atoms with E-state index < -0.39 is 0 Å². The Morgan fingerprint density at radius 2 is 1.76 bits per heavy atom. The van der Waals surface area contributed by atoms with E-state index in [-0.39, 0.29) is 5.97 Å². The van der Waals surface area contributed by atoms with E-state index >= 15 is 0 Å². The maximum atomic E-state index is 11.0. The molecule has 110 valence electrons. The highest BCUT2D eigenvalue weighted by molar-refractivity contribution is 7.18. The summed E-state index contributed by atoms with van der Waals surface area (Å²) < 4.78 is 10.8. The summed E-state index contributed by atoms with van der Waals surface area (Å²) in [7, 11) is 2.36. The highest BCUT2D eigenvalue weighted by Gasteiger charge is 2.01. The Morgan fingerprint density at radius 1 is 1.00 bits per heavy atom. The van der Waals surface area contributed by atoms with Crippen molar-refractivity contribution in [1.29, 1.82) is 0 Å². The molecular weight excluding hydrogens is 283 g/mol. The topological polar surface area (TPSA) is 35.5 Å². The molecule has 0 N–H and O–H groups in total. The third-order valence-electron chi connectivity index (χ3n) is 2.92. The Hall–Kier alpha value is -1.86. The first kappa shape index (κ1) is 15.5. The molecule has 0 fully saturated rings. The van der Waals surface area contributed by atoms with Crippen molar-refractivity contribution in [3.8, 4) is 11.5 Å². The number of hydrogen-bond acceptors (Lipinski definition) is 3. The molecule has 0 saturated carbocycles. The number of aryl methyl sites for hydroxylation is 1. The molecule has 0 amide bonds. The zero-order valence-electron chi connectivity index (χ0n) is 11.8. The summed E-state index contributed by atoms with van der Waals surface area (Å²) in [5, 5.41) is 0. The summed E-state index contributed by atoms with van der Waals surface area (Å²) in [6.45, 7) is 0.455. The van der Waals surface area contributed by atoms with Gasteiger partial charge in [-0.2, -0.15) is 0 Å². The quantitative estimate of drug-likeness (QED) is 0.443. The number of hydrogen-bond donors (Lipinski definition) is 0. The molecule has 3 nitrogen and oxygen atoms in total. The van der Waals surface area contributed by atoms with Crippen LogP contribution in [0.2, 0.25) is 0 Å². The summed E-state index contributed by atoms with van der Waals surface area (Å²) in [5.41, 5.74) is 1.17. The minimum Gasteiger partial charge on any atom is -0.465 e. The van der Waals surface area contributed by atoms with Gasteiger partial charge in [0.25, 0.3) is 0 Å². The van der Waals surface area contributed by atoms with Crippen LogP contribution in [0.5, 0.6) is 11.5 Å². The maximum absolute atomic E-state index is 11.0. The van der Waals surface area contributed by atoms with Crippen LogP contribution >= 0.6 is 9.24 Å². The predicted molar refractivity (Wildman–Crippen MR) is 86.8 cm³/mol. The van der Waals surface area contributed by atoms with Crippen LogP contribution in [-0.2, 0) is 16.0 Å². The summed E-state index contributed by atoms with van der Waals surface area (Å²) in [6.07, 6.45) is 2.02. The number of esters is 1. The Kier molecular flexibility index (Phi) is 6.23. The third kappa shape index (κ3) is 5.57. The molecule has 0 saturated heterocycles. The number of para-hydroxylation sites is 1. The van der Waals surface area contributed by atoms with Crippen molar-refractivity contribution in [1.82, 2.24) is 0 Å². The summed E-state index contributed by atoms with van der Waals surface area (Å²) in [6, 6.07) is 17.7. The van der Waals surface area contributed by atoms with Gasteiger partial charge in [0.1, 0.15) is 11.5 Å². The molecule has 1 unspecified atom stereocenters. The number of rotatable bonds is 7. The van der Waals surface area contributed by atoms with Gasteiger partial charge in [0, 0.05) is 0 Å². The normalized spacial score (nSPS) is 10.1. The summed E-state index contributed by atoms with van der Waals surface area (Å²) >= 11 is 0. The van der Waals surface area contributed by atoms with Crippen molar-refractivity contribution in [3.63, 3.8) is 0 Å². The summed E-state index contributed by atoms with van der Waals surface area (Å²) in [4.78, 5) is 11.0. The van der Waals surface area contributed by atoms with Crippen LogP contribution in [0.1, 0.15) is 12.0 Å². The molecular formula is C17H19O3P. The average molecular weight is 302 g/mol. The largest absolute Gasteiger partial charge is 0.465 e. The molecule has 2 aromatic rings. The lowest BCUT2D eigenvalue weighted by atomic mass is 10.1. The minimum atomic E-state index is -0.179. The molecule has 0 bridgehead atoms. The van der Waals surface area contributed by atoms with Crippen molar-refractivity contribution >= 4 is 15.2 Å². The SMILES string of the molecule is O=C(CP)OCCCc1cccc(Oc2ccccc2)c1. The Bertz CT molecular complexity index is 569. The van der Waals surface area contributed by atoms with Gasteiger partial charge in [0.2, 0.25) is 0 Å². The van der Waals surface area contributed by atoms with Crippen molar-refractivity contribution in [2.75, 3.05) is 12.8 Å². The van der Waals surface area contributed by atoms with Gasteiger partial charge in [-0.3, -0.25) is 4.79 Å². The van der Waals surface area contributed by atoms with Crippen LogP contribution in [-0.4, -0.2) is 18.7 Å². The van der Waals surface area contributed by atoms with E-state index in [2.05, 4.69) is 15.3 Å². The fourth-order valence-electron chi connectivity index (χ4n) is 1.91. The van der Waals surface area contributed by atoms with Crippen LogP contribution in [0.15, 0.2) is 54.6 Å². The molecule has 0 aromatic heterocycles. The van der Waals surface area contributed by atoms with Crippen LogP contribution < -0.4 is 4.74 Å². The number of benzene rings is 2. The van der Waals surface area contributed by atoms with E-state index in [4.69, 9.17) is 9.47 Å². The molecule has 4 heteroatoms. The molecule has 0 aliphatic heterocycles. The number of carbonyl (C=O) groups excluding carboxylic acids is 1. The third-order valence-corrected chi connectivity index (χ3v) is 3.25. The monoisotopic (exact) mass is 302 g/mol. The predicted octanol–water partition coefficient (Wildman–Crippen LogP) is 3.83. The second kappa shape index (κ2) is 8.43. The molecule has 0 radical (unpaired) electrons. The highest BCUT2D eigenvalue weighted by Crippen LogP contribution is 2.22. The van der Waals surface area contributed by atoms with Crippen LogP contribution in [0.3, 0.4) is 0 Å². The van der Waals surface area contributed by atoms with E-state index in [1.165, 1.54) is 5.56 Å². The van der Waals surface area contributed by atoms with Gasteiger partial charge in [0.05, 0.1) is 12.8 Å². The Morgan fingerprint density at radius 3 is 2.52 bits per heavy atom. The molecule has 0 aliphatic carbocycles. The van der Waals surface area contributed by atoms with E-state index in [0.29, 0.717) is 12.8 Å². The second-order valence-corrected chi connectivity index (χ2v) is 5.00. The smallest absolute Gasteiger partial charge is 0.309 e. The fraction of sp³-hybridized carbons (Fsp3) is 0.235. The van der Waals surface area contributed by atoms with E-state index in [0.717, 1.165) is 24.3 Å². The number of carbonyl (C=O) groups is 1.